The molecule has 0 radical (unpaired) electrons. The highest BCUT2D eigenvalue weighted by atomic mass is 32.2. The molecule has 0 spiro atoms. The number of pyridine rings is 1. The fraction of sp³-hybridized carbons (Fsp3) is 0.400. The lowest BCUT2D eigenvalue weighted by atomic mass is 9.98. The van der Waals surface area contributed by atoms with E-state index in [4.69, 9.17) is 9.88 Å². The molecule has 5 nitrogen and oxygen atoms in total. The van der Waals surface area contributed by atoms with Gasteiger partial charge in [-0.1, -0.05) is 6.42 Å². The Morgan fingerprint density at radius 1 is 1.14 bits per heavy atom. The number of nitrogens with zero attached hydrogens (tertiary/aromatic N) is 1. The van der Waals surface area contributed by atoms with Gasteiger partial charge in [0, 0.05) is 11.6 Å². The molecule has 1 aromatic carbocycles. The molecule has 2 aromatic rings. The molecule has 1 fully saturated rings. The lowest BCUT2D eigenvalue weighted by Gasteiger charge is -2.23. The van der Waals surface area contributed by atoms with E-state index in [2.05, 4.69) is 4.98 Å². The highest BCUT2D eigenvalue weighted by molar-refractivity contribution is 7.89. The monoisotopic (exact) mass is 306 g/mol. The SMILES string of the molecule is NS(=O)(=O)c1ccc(OC2CCCCC2)c2ncccc12. The molecule has 1 aliphatic rings. The molecule has 1 aliphatic carbocycles. The van der Waals surface area contributed by atoms with Crippen LogP contribution in [0.5, 0.6) is 5.75 Å². The smallest absolute Gasteiger partial charge is 0.238 e. The number of aromatic nitrogens is 1. The quantitative estimate of drug-likeness (QED) is 0.945. The van der Waals surface area contributed by atoms with Gasteiger partial charge in [-0.2, -0.15) is 0 Å². The van der Waals surface area contributed by atoms with Gasteiger partial charge in [0.1, 0.15) is 11.3 Å². The number of benzene rings is 1. The van der Waals surface area contributed by atoms with Gasteiger partial charge in [0.05, 0.1) is 11.0 Å². The Bertz CT molecular complexity index is 753. The molecular formula is C15H18N2O3S. The van der Waals surface area contributed by atoms with E-state index in [0.29, 0.717) is 16.7 Å². The molecule has 0 atom stereocenters. The third-order valence-electron chi connectivity index (χ3n) is 3.85. The van der Waals surface area contributed by atoms with Crippen molar-refractivity contribution in [3.63, 3.8) is 0 Å². The predicted octanol–water partition coefficient (Wildman–Crippen LogP) is 2.59. The van der Waals surface area contributed by atoms with Gasteiger partial charge in [-0.3, -0.25) is 4.98 Å². The maximum atomic E-state index is 11.7. The number of primary sulfonamides is 1. The molecule has 21 heavy (non-hydrogen) atoms. The van der Waals surface area contributed by atoms with Crippen molar-refractivity contribution in [1.29, 1.82) is 0 Å². The highest BCUT2D eigenvalue weighted by Gasteiger charge is 2.19. The van der Waals surface area contributed by atoms with Crippen LogP contribution in [0.2, 0.25) is 0 Å². The summed E-state index contributed by atoms with van der Waals surface area (Å²) in [5.74, 6) is 0.630. The van der Waals surface area contributed by atoms with Gasteiger partial charge >= 0.3 is 0 Å². The van der Waals surface area contributed by atoms with Gasteiger partial charge in [0.25, 0.3) is 0 Å². The van der Waals surface area contributed by atoms with Crippen molar-refractivity contribution in [2.45, 2.75) is 43.1 Å². The Kier molecular flexibility index (Phi) is 3.82. The fourth-order valence-corrected chi connectivity index (χ4v) is 3.56. The normalized spacial score (nSPS) is 17.0. The molecule has 0 unspecified atom stereocenters. The van der Waals surface area contributed by atoms with Crippen molar-refractivity contribution in [3.05, 3.63) is 30.5 Å². The van der Waals surface area contributed by atoms with E-state index in [-0.39, 0.29) is 11.0 Å². The largest absolute Gasteiger partial charge is 0.488 e. The van der Waals surface area contributed by atoms with Crippen molar-refractivity contribution in [3.8, 4) is 5.75 Å². The molecule has 112 valence electrons. The first-order chi connectivity index (χ1) is 10.1. The Balaban J connectivity index is 2.04. The Hall–Kier alpha value is -1.66. The summed E-state index contributed by atoms with van der Waals surface area (Å²) in [6.07, 6.45) is 7.48. The zero-order valence-electron chi connectivity index (χ0n) is 11.7. The number of hydrogen-bond donors (Lipinski definition) is 1. The van der Waals surface area contributed by atoms with E-state index in [1.54, 1.807) is 24.4 Å². The van der Waals surface area contributed by atoms with Crippen LogP contribution in [-0.2, 0) is 10.0 Å². The van der Waals surface area contributed by atoms with Gasteiger partial charge in [0.2, 0.25) is 10.0 Å². The average Bonchev–Trinajstić information content (AvgIpc) is 2.47. The van der Waals surface area contributed by atoms with E-state index in [0.717, 1.165) is 12.8 Å². The van der Waals surface area contributed by atoms with Crippen LogP contribution >= 0.6 is 0 Å². The first kappa shape index (κ1) is 14.3. The van der Waals surface area contributed by atoms with Gasteiger partial charge < -0.3 is 4.74 Å². The molecular weight excluding hydrogens is 288 g/mol. The minimum absolute atomic E-state index is 0.0848. The second-order valence-corrected chi connectivity index (χ2v) is 6.91. The zero-order chi connectivity index (χ0) is 14.9. The third-order valence-corrected chi connectivity index (χ3v) is 4.81. The number of hydrogen-bond acceptors (Lipinski definition) is 4. The Morgan fingerprint density at radius 3 is 2.62 bits per heavy atom. The zero-order valence-corrected chi connectivity index (χ0v) is 12.5. The van der Waals surface area contributed by atoms with Crippen LogP contribution in [0.15, 0.2) is 35.4 Å². The van der Waals surface area contributed by atoms with E-state index in [1.165, 1.54) is 25.3 Å². The van der Waals surface area contributed by atoms with Crippen LogP contribution in [0.4, 0.5) is 0 Å². The maximum absolute atomic E-state index is 11.7. The van der Waals surface area contributed by atoms with Crippen LogP contribution in [0, 0.1) is 0 Å². The first-order valence-corrected chi connectivity index (χ1v) is 8.67. The van der Waals surface area contributed by atoms with E-state index >= 15 is 0 Å². The van der Waals surface area contributed by atoms with Crippen LogP contribution in [0.25, 0.3) is 10.9 Å². The summed E-state index contributed by atoms with van der Waals surface area (Å²) in [6, 6.07) is 6.55. The van der Waals surface area contributed by atoms with E-state index in [9.17, 15) is 8.42 Å². The van der Waals surface area contributed by atoms with Crippen LogP contribution in [0.1, 0.15) is 32.1 Å². The van der Waals surface area contributed by atoms with Crippen LogP contribution in [0.3, 0.4) is 0 Å². The average molecular weight is 306 g/mol. The second-order valence-electron chi connectivity index (χ2n) is 5.38. The molecule has 0 bridgehead atoms. The maximum Gasteiger partial charge on any atom is 0.238 e. The van der Waals surface area contributed by atoms with Gasteiger partial charge in [-0.05, 0) is 49.9 Å². The van der Waals surface area contributed by atoms with Gasteiger partial charge in [-0.25, -0.2) is 13.6 Å². The summed E-state index contributed by atoms with van der Waals surface area (Å²) in [6.45, 7) is 0. The molecule has 0 saturated heterocycles. The molecule has 3 rings (SSSR count). The van der Waals surface area contributed by atoms with Crippen molar-refractivity contribution in [2.75, 3.05) is 0 Å². The predicted molar refractivity (Wildman–Crippen MR) is 80.6 cm³/mol. The van der Waals surface area contributed by atoms with Crippen LogP contribution < -0.4 is 9.88 Å². The summed E-state index contributed by atoms with van der Waals surface area (Å²) in [5, 5.41) is 5.77. The van der Waals surface area contributed by atoms with Gasteiger partial charge in [0.15, 0.2) is 0 Å². The first-order valence-electron chi connectivity index (χ1n) is 7.13. The van der Waals surface area contributed by atoms with Crippen molar-refractivity contribution < 1.29 is 13.2 Å². The number of nitrogens with two attached hydrogens (primary N) is 1. The van der Waals surface area contributed by atoms with Crippen molar-refractivity contribution in [2.24, 2.45) is 5.14 Å². The molecule has 0 amide bonds. The van der Waals surface area contributed by atoms with Crippen molar-refractivity contribution >= 4 is 20.9 Å². The minimum Gasteiger partial charge on any atom is -0.488 e. The lowest BCUT2D eigenvalue weighted by Crippen LogP contribution is -2.20. The van der Waals surface area contributed by atoms with Gasteiger partial charge in [-0.15, -0.1) is 0 Å². The van der Waals surface area contributed by atoms with Crippen LogP contribution in [-0.4, -0.2) is 19.5 Å². The molecule has 1 saturated carbocycles. The number of sulfonamides is 1. The number of fused-ring (bicyclic) bond motifs is 1. The standard InChI is InChI=1S/C15H18N2O3S/c16-21(18,19)14-9-8-13(15-12(14)7-4-10-17-15)20-11-5-2-1-3-6-11/h4,7-11H,1-3,5-6H2,(H2,16,18,19). The molecule has 2 N–H and O–H groups in total. The highest BCUT2D eigenvalue weighted by Crippen LogP contribution is 2.31. The summed E-state index contributed by atoms with van der Waals surface area (Å²) < 4.78 is 29.4. The minimum atomic E-state index is -3.77. The Morgan fingerprint density at radius 2 is 1.90 bits per heavy atom. The summed E-state index contributed by atoms with van der Waals surface area (Å²) >= 11 is 0. The number of ether oxygens (including phenoxy) is 1. The fourth-order valence-electron chi connectivity index (χ4n) is 2.83. The molecule has 1 aromatic heterocycles. The third kappa shape index (κ3) is 3.01. The summed E-state index contributed by atoms with van der Waals surface area (Å²) in [5.41, 5.74) is 0.551. The molecule has 1 heterocycles. The van der Waals surface area contributed by atoms with Crippen molar-refractivity contribution in [1.82, 2.24) is 4.98 Å². The Labute approximate surface area is 124 Å². The lowest BCUT2D eigenvalue weighted by molar-refractivity contribution is 0.156. The second kappa shape index (κ2) is 5.61. The number of rotatable bonds is 3. The summed E-state index contributed by atoms with van der Waals surface area (Å²) in [7, 11) is -3.77. The van der Waals surface area contributed by atoms with E-state index < -0.39 is 10.0 Å². The molecule has 6 heteroatoms. The topological polar surface area (TPSA) is 82.3 Å². The summed E-state index contributed by atoms with van der Waals surface area (Å²) in [4.78, 5) is 4.36. The molecule has 0 aliphatic heterocycles. The van der Waals surface area contributed by atoms with E-state index in [1.807, 2.05) is 0 Å².